The van der Waals surface area contributed by atoms with Gasteiger partial charge in [-0.25, -0.2) is 0 Å². The Bertz CT molecular complexity index is 748. The lowest BCUT2D eigenvalue weighted by molar-refractivity contribution is -0.176. The van der Waals surface area contributed by atoms with Crippen LogP contribution in [0.25, 0.3) is 0 Å². The van der Waals surface area contributed by atoms with Gasteiger partial charge in [0.2, 0.25) is 0 Å². The molecule has 28 heavy (non-hydrogen) atoms. The van der Waals surface area contributed by atoms with Crippen LogP contribution < -0.4 is 0 Å². The van der Waals surface area contributed by atoms with Gasteiger partial charge in [-0.1, -0.05) is 48.8 Å². The number of hydrogen-bond donors (Lipinski definition) is 0. The van der Waals surface area contributed by atoms with Crippen LogP contribution in [0.2, 0.25) is 0 Å². The lowest BCUT2D eigenvalue weighted by Crippen LogP contribution is -2.51. The Morgan fingerprint density at radius 3 is 2.82 bits per heavy atom. The first-order chi connectivity index (χ1) is 13.4. The number of allylic oxidation sites excluding steroid dienone is 6. The maximum atomic E-state index is 12.5. The normalized spacial score (nSPS) is 39.1. The standard InChI is InChI=1S/C25H35ClO2/c1-4-7-22(27)28-25(16-17-26)15-12-21-19-10-9-18-8-5-6-13-23(18,2)20(19)11-14-24(21,25)3/h6,8,13,21H,4-5,7,9-12,14-17H2,1-3H3/t21-,23-,24-,25-/m0/s1. The Kier molecular flexibility index (Phi) is 5.31. The van der Waals surface area contributed by atoms with E-state index in [4.69, 9.17) is 16.3 Å². The molecule has 0 aromatic carbocycles. The summed E-state index contributed by atoms with van der Waals surface area (Å²) in [5, 5.41) is 0. The largest absolute Gasteiger partial charge is 0.458 e. The number of esters is 1. The topological polar surface area (TPSA) is 26.3 Å². The van der Waals surface area contributed by atoms with Gasteiger partial charge < -0.3 is 4.74 Å². The lowest BCUT2D eigenvalue weighted by atomic mass is 9.54. The quantitative estimate of drug-likeness (QED) is 0.284. The third-order valence-corrected chi connectivity index (χ3v) is 8.71. The summed E-state index contributed by atoms with van der Waals surface area (Å²) in [7, 11) is 0. The van der Waals surface area contributed by atoms with E-state index in [-0.39, 0.29) is 22.4 Å². The van der Waals surface area contributed by atoms with E-state index >= 15 is 0 Å². The number of ether oxygens (including phenoxy) is 1. The number of carbonyl (C=O) groups is 1. The number of halogens is 1. The summed E-state index contributed by atoms with van der Waals surface area (Å²) >= 11 is 6.26. The zero-order chi connectivity index (χ0) is 20.0. The number of rotatable bonds is 5. The molecule has 0 saturated heterocycles. The van der Waals surface area contributed by atoms with Crippen molar-refractivity contribution in [2.75, 3.05) is 5.88 Å². The maximum Gasteiger partial charge on any atom is 0.306 e. The summed E-state index contributed by atoms with van der Waals surface area (Å²) in [5.74, 6) is 1.05. The molecule has 4 aliphatic rings. The van der Waals surface area contributed by atoms with Crippen molar-refractivity contribution in [2.45, 2.75) is 90.6 Å². The second-order valence-electron chi connectivity index (χ2n) is 9.74. The monoisotopic (exact) mass is 402 g/mol. The Morgan fingerprint density at radius 1 is 1.25 bits per heavy atom. The lowest BCUT2D eigenvalue weighted by Gasteiger charge is -2.53. The van der Waals surface area contributed by atoms with E-state index in [2.05, 4.69) is 32.1 Å². The molecule has 154 valence electrons. The summed E-state index contributed by atoms with van der Waals surface area (Å²) in [6.07, 6.45) is 17.1. The first-order valence-electron chi connectivity index (χ1n) is 11.3. The molecule has 0 bridgehead atoms. The molecule has 4 aliphatic carbocycles. The molecule has 0 aliphatic heterocycles. The third kappa shape index (κ3) is 2.85. The van der Waals surface area contributed by atoms with E-state index in [1.54, 1.807) is 16.7 Å². The highest BCUT2D eigenvalue weighted by Crippen LogP contribution is 2.66. The van der Waals surface area contributed by atoms with Gasteiger partial charge in [-0.15, -0.1) is 11.6 Å². The summed E-state index contributed by atoms with van der Waals surface area (Å²) in [6, 6.07) is 0. The third-order valence-electron chi connectivity index (χ3n) is 8.52. The Hall–Kier alpha value is -1.02. The van der Waals surface area contributed by atoms with Crippen LogP contribution in [-0.4, -0.2) is 17.5 Å². The van der Waals surface area contributed by atoms with Gasteiger partial charge in [0.1, 0.15) is 5.60 Å². The van der Waals surface area contributed by atoms with Gasteiger partial charge in [0.15, 0.2) is 0 Å². The molecule has 0 N–H and O–H groups in total. The maximum absolute atomic E-state index is 12.5. The number of alkyl halides is 1. The van der Waals surface area contributed by atoms with Gasteiger partial charge in [0.05, 0.1) is 0 Å². The minimum absolute atomic E-state index is 0.0140. The van der Waals surface area contributed by atoms with Crippen LogP contribution >= 0.6 is 11.6 Å². The fourth-order valence-electron chi connectivity index (χ4n) is 6.95. The van der Waals surface area contributed by atoms with Crippen molar-refractivity contribution in [1.82, 2.24) is 0 Å². The number of carbonyl (C=O) groups excluding carboxylic acids is 1. The first kappa shape index (κ1) is 20.3. The van der Waals surface area contributed by atoms with E-state index in [9.17, 15) is 4.79 Å². The van der Waals surface area contributed by atoms with Gasteiger partial charge in [-0.3, -0.25) is 4.79 Å². The summed E-state index contributed by atoms with van der Waals surface area (Å²) in [5.41, 5.74) is 4.73. The predicted molar refractivity (Wildman–Crippen MR) is 115 cm³/mol. The zero-order valence-corrected chi connectivity index (χ0v) is 18.5. The number of hydrogen-bond acceptors (Lipinski definition) is 2. The van der Waals surface area contributed by atoms with Gasteiger partial charge in [0, 0.05) is 29.6 Å². The minimum atomic E-state index is -0.385. The van der Waals surface area contributed by atoms with Crippen LogP contribution in [0, 0.1) is 16.7 Å². The van der Waals surface area contributed by atoms with Crippen molar-refractivity contribution in [3.8, 4) is 0 Å². The average Bonchev–Trinajstić information content (AvgIpc) is 2.94. The van der Waals surface area contributed by atoms with Crippen molar-refractivity contribution >= 4 is 17.6 Å². The SMILES string of the molecule is CCCC(=O)O[C@]1(CCCl)CC[C@H]2C3=C(CC[C@@]21C)[C@@]1(C)C=CCC=C1CC3. The average molecular weight is 403 g/mol. The van der Waals surface area contributed by atoms with Gasteiger partial charge in [0.25, 0.3) is 0 Å². The van der Waals surface area contributed by atoms with Crippen LogP contribution in [0.3, 0.4) is 0 Å². The second kappa shape index (κ2) is 7.35. The Morgan fingerprint density at radius 2 is 2.07 bits per heavy atom. The van der Waals surface area contributed by atoms with E-state index in [1.165, 1.54) is 12.8 Å². The molecule has 4 atom stereocenters. The highest BCUT2D eigenvalue weighted by atomic mass is 35.5. The van der Waals surface area contributed by atoms with Gasteiger partial charge in [-0.05, 0) is 64.2 Å². The molecule has 0 amide bonds. The van der Waals surface area contributed by atoms with Crippen LogP contribution in [0.4, 0.5) is 0 Å². The molecule has 1 fully saturated rings. The summed E-state index contributed by atoms with van der Waals surface area (Å²) < 4.78 is 6.29. The van der Waals surface area contributed by atoms with Crippen molar-refractivity contribution in [3.63, 3.8) is 0 Å². The Balaban J connectivity index is 1.71. The van der Waals surface area contributed by atoms with E-state index in [1.807, 2.05) is 6.92 Å². The summed E-state index contributed by atoms with van der Waals surface area (Å²) in [4.78, 5) is 12.5. The molecular weight excluding hydrogens is 368 g/mol. The van der Waals surface area contributed by atoms with E-state index < -0.39 is 0 Å². The predicted octanol–water partition coefficient (Wildman–Crippen LogP) is 6.89. The van der Waals surface area contributed by atoms with Crippen LogP contribution in [-0.2, 0) is 9.53 Å². The van der Waals surface area contributed by atoms with Crippen LogP contribution in [0.15, 0.2) is 34.9 Å². The van der Waals surface area contributed by atoms with Crippen LogP contribution in [0.1, 0.15) is 85.0 Å². The molecule has 0 unspecified atom stereocenters. The molecular formula is C25H35ClO2. The fraction of sp³-hybridized carbons (Fsp3) is 0.720. The molecule has 0 heterocycles. The fourth-order valence-corrected chi connectivity index (χ4v) is 7.25. The molecule has 4 rings (SSSR count). The highest BCUT2D eigenvalue weighted by molar-refractivity contribution is 6.17. The van der Waals surface area contributed by atoms with Crippen molar-refractivity contribution in [3.05, 3.63) is 34.9 Å². The minimum Gasteiger partial charge on any atom is -0.458 e. The molecule has 1 saturated carbocycles. The zero-order valence-electron chi connectivity index (χ0n) is 17.8. The van der Waals surface area contributed by atoms with Crippen molar-refractivity contribution in [2.24, 2.45) is 16.7 Å². The van der Waals surface area contributed by atoms with E-state index in [0.717, 1.165) is 44.9 Å². The molecule has 3 heteroatoms. The second-order valence-corrected chi connectivity index (χ2v) is 10.1. The molecule has 0 aromatic rings. The van der Waals surface area contributed by atoms with Gasteiger partial charge >= 0.3 is 5.97 Å². The van der Waals surface area contributed by atoms with Gasteiger partial charge in [-0.2, -0.15) is 0 Å². The van der Waals surface area contributed by atoms with Crippen molar-refractivity contribution in [1.29, 1.82) is 0 Å². The number of fused-ring (bicyclic) bond motifs is 4. The highest BCUT2D eigenvalue weighted by Gasteiger charge is 2.62. The smallest absolute Gasteiger partial charge is 0.306 e. The summed E-state index contributed by atoms with van der Waals surface area (Å²) in [6.45, 7) is 6.86. The molecule has 0 spiro atoms. The van der Waals surface area contributed by atoms with Crippen molar-refractivity contribution < 1.29 is 9.53 Å². The Labute approximate surface area is 175 Å². The first-order valence-corrected chi connectivity index (χ1v) is 11.8. The van der Waals surface area contributed by atoms with Crippen LogP contribution in [0.5, 0.6) is 0 Å². The van der Waals surface area contributed by atoms with E-state index in [0.29, 0.717) is 18.2 Å². The molecule has 0 radical (unpaired) electrons. The molecule has 2 nitrogen and oxygen atoms in total. The molecule has 0 aromatic heterocycles.